The van der Waals surface area contributed by atoms with Crippen molar-refractivity contribution in [2.75, 3.05) is 0 Å². The van der Waals surface area contributed by atoms with Crippen molar-refractivity contribution in [3.05, 3.63) is 65.3 Å². The number of halogens is 4. The minimum Gasteiger partial charge on any atom is -0.366 e. The van der Waals surface area contributed by atoms with Crippen LogP contribution in [0.3, 0.4) is 0 Å². The van der Waals surface area contributed by atoms with Gasteiger partial charge in [0.05, 0.1) is 28.2 Å². The lowest BCUT2D eigenvalue weighted by atomic mass is 9.98. The molecule has 8 heteroatoms. The fourth-order valence-electron chi connectivity index (χ4n) is 2.48. The molecule has 3 rings (SSSR count). The first-order valence-electron chi connectivity index (χ1n) is 7.02. The zero-order valence-electron chi connectivity index (χ0n) is 12.5. The van der Waals surface area contributed by atoms with Crippen molar-refractivity contribution in [3.8, 4) is 11.3 Å². The first-order valence-corrected chi connectivity index (χ1v) is 7.40. The fourth-order valence-corrected chi connectivity index (χ4v) is 2.70. The number of para-hydroxylation sites is 1. The van der Waals surface area contributed by atoms with E-state index in [-0.39, 0.29) is 33.8 Å². The van der Waals surface area contributed by atoms with E-state index in [2.05, 4.69) is 9.97 Å². The summed E-state index contributed by atoms with van der Waals surface area (Å²) in [5, 5.41) is 0.720. The molecule has 1 aromatic carbocycles. The smallest absolute Gasteiger partial charge is 0.366 e. The molecule has 0 aliphatic heterocycles. The molecule has 0 aliphatic rings. The third-order valence-electron chi connectivity index (χ3n) is 3.49. The Morgan fingerprint density at radius 1 is 1.24 bits per heavy atom. The zero-order valence-corrected chi connectivity index (χ0v) is 13.3. The monoisotopic (exact) mass is 364 g/mol. The van der Waals surface area contributed by atoms with Gasteiger partial charge in [-0.15, -0.1) is 0 Å². The lowest BCUT2D eigenvalue weighted by Gasteiger charge is -2.14. The SMILES string of the molecule is NC(=O)c1ccncc1-c1nc2c(Cl)cccc2cc1[CH]C(F)(F)F. The molecule has 0 bridgehead atoms. The van der Waals surface area contributed by atoms with Crippen LogP contribution in [0.15, 0.2) is 42.7 Å². The number of aromatic nitrogens is 2. The van der Waals surface area contributed by atoms with Crippen LogP contribution in [0.25, 0.3) is 22.2 Å². The average molecular weight is 365 g/mol. The molecular formula is C17H10ClF3N3O. The molecule has 1 amide bonds. The number of nitrogens with two attached hydrogens (primary N) is 1. The van der Waals surface area contributed by atoms with Crippen molar-refractivity contribution < 1.29 is 18.0 Å². The second-order valence-electron chi connectivity index (χ2n) is 5.21. The second-order valence-corrected chi connectivity index (χ2v) is 5.62. The normalized spacial score (nSPS) is 11.7. The Labute approximate surface area is 145 Å². The van der Waals surface area contributed by atoms with Gasteiger partial charge in [0.1, 0.15) is 0 Å². The predicted molar refractivity (Wildman–Crippen MR) is 88.0 cm³/mol. The Morgan fingerprint density at radius 2 is 2.00 bits per heavy atom. The molecule has 25 heavy (non-hydrogen) atoms. The summed E-state index contributed by atoms with van der Waals surface area (Å²) in [5.74, 6) is -0.795. The number of amides is 1. The van der Waals surface area contributed by atoms with Crippen LogP contribution in [0, 0.1) is 6.42 Å². The van der Waals surface area contributed by atoms with Crippen LogP contribution >= 0.6 is 11.6 Å². The summed E-state index contributed by atoms with van der Waals surface area (Å²) in [6, 6.07) is 7.43. The lowest BCUT2D eigenvalue weighted by Crippen LogP contribution is -2.14. The molecule has 3 aromatic rings. The molecule has 127 valence electrons. The molecule has 0 aliphatic carbocycles. The highest BCUT2D eigenvalue weighted by atomic mass is 35.5. The highest BCUT2D eigenvalue weighted by Crippen LogP contribution is 2.34. The number of alkyl halides is 3. The van der Waals surface area contributed by atoms with Gasteiger partial charge in [-0.05, 0) is 23.8 Å². The van der Waals surface area contributed by atoms with Crippen LogP contribution in [-0.2, 0) is 0 Å². The Morgan fingerprint density at radius 3 is 2.68 bits per heavy atom. The van der Waals surface area contributed by atoms with Crippen LogP contribution < -0.4 is 5.73 Å². The van der Waals surface area contributed by atoms with Crippen molar-refractivity contribution >= 4 is 28.4 Å². The van der Waals surface area contributed by atoms with Crippen molar-refractivity contribution in [3.63, 3.8) is 0 Å². The third-order valence-corrected chi connectivity index (χ3v) is 3.79. The van der Waals surface area contributed by atoms with Gasteiger partial charge in [-0.1, -0.05) is 23.7 Å². The number of carbonyl (C=O) groups excluding carboxylic acids is 1. The van der Waals surface area contributed by atoms with Crippen molar-refractivity contribution in [2.24, 2.45) is 5.73 Å². The molecule has 0 saturated carbocycles. The summed E-state index contributed by atoms with van der Waals surface area (Å²) >= 11 is 6.10. The van der Waals surface area contributed by atoms with Gasteiger partial charge in [0.2, 0.25) is 5.91 Å². The van der Waals surface area contributed by atoms with Gasteiger partial charge in [-0.3, -0.25) is 9.78 Å². The lowest BCUT2D eigenvalue weighted by molar-refractivity contribution is -0.0927. The van der Waals surface area contributed by atoms with E-state index < -0.39 is 12.1 Å². The molecule has 2 aromatic heterocycles. The van der Waals surface area contributed by atoms with E-state index in [1.54, 1.807) is 18.2 Å². The van der Waals surface area contributed by atoms with Crippen molar-refractivity contribution in [1.29, 1.82) is 0 Å². The van der Waals surface area contributed by atoms with Gasteiger partial charge in [0, 0.05) is 23.3 Å². The zero-order chi connectivity index (χ0) is 18.2. The van der Waals surface area contributed by atoms with Crippen LogP contribution in [0.1, 0.15) is 15.9 Å². The topological polar surface area (TPSA) is 68.9 Å². The molecule has 0 fully saturated rings. The first kappa shape index (κ1) is 17.2. The number of fused-ring (bicyclic) bond motifs is 1. The highest BCUT2D eigenvalue weighted by molar-refractivity contribution is 6.35. The van der Waals surface area contributed by atoms with Crippen molar-refractivity contribution in [1.82, 2.24) is 9.97 Å². The minimum absolute atomic E-state index is 0.0192. The summed E-state index contributed by atoms with van der Waals surface area (Å²) in [6.45, 7) is 0. The maximum atomic E-state index is 13.0. The van der Waals surface area contributed by atoms with Crippen LogP contribution in [0.5, 0.6) is 0 Å². The number of primary amides is 1. The van der Waals surface area contributed by atoms with E-state index in [4.69, 9.17) is 17.3 Å². The van der Waals surface area contributed by atoms with E-state index in [0.29, 0.717) is 10.9 Å². The Balaban J connectivity index is 2.34. The highest BCUT2D eigenvalue weighted by Gasteiger charge is 2.31. The average Bonchev–Trinajstić information content (AvgIpc) is 2.53. The van der Waals surface area contributed by atoms with Crippen LogP contribution in [0.2, 0.25) is 5.02 Å². The Hall–Kier alpha value is -2.67. The number of nitrogens with zero attached hydrogens (tertiary/aromatic N) is 2. The molecule has 0 unspecified atom stereocenters. The number of carbonyl (C=O) groups is 1. The summed E-state index contributed by atoms with van der Waals surface area (Å²) in [4.78, 5) is 19.8. The number of rotatable bonds is 3. The number of hydrogen-bond acceptors (Lipinski definition) is 3. The number of pyridine rings is 2. The molecule has 0 spiro atoms. The summed E-state index contributed by atoms with van der Waals surface area (Å²) in [7, 11) is 0. The molecule has 4 nitrogen and oxygen atoms in total. The van der Waals surface area contributed by atoms with Gasteiger partial charge in [0.15, 0.2) is 0 Å². The summed E-state index contributed by atoms with van der Waals surface area (Å²) in [5.41, 5.74) is 5.48. The molecule has 0 atom stereocenters. The minimum atomic E-state index is -4.57. The molecule has 0 saturated heterocycles. The Kier molecular flexibility index (Phi) is 4.34. The van der Waals surface area contributed by atoms with Crippen LogP contribution in [-0.4, -0.2) is 22.1 Å². The summed E-state index contributed by atoms with van der Waals surface area (Å²) < 4.78 is 38.9. The quantitative estimate of drug-likeness (QED) is 0.758. The van der Waals surface area contributed by atoms with E-state index in [0.717, 1.165) is 0 Å². The van der Waals surface area contributed by atoms with E-state index in [1.807, 2.05) is 0 Å². The third kappa shape index (κ3) is 3.56. The largest absolute Gasteiger partial charge is 0.396 e. The first-order chi connectivity index (χ1) is 11.8. The van der Waals surface area contributed by atoms with Gasteiger partial charge >= 0.3 is 6.18 Å². The number of hydrogen-bond donors (Lipinski definition) is 1. The van der Waals surface area contributed by atoms with Gasteiger partial charge in [0.25, 0.3) is 0 Å². The summed E-state index contributed by atoms with van der Waals surface area (Å²) in [6.07, 6.45) is -1.88. The second kappa shape index (κ2) is 6.33. The predicted octanol–water partition coefficient (Wildman–Crippen LogP) is 4.16. The fraction of sp³-hybridized carbons (Fsp3) is 0.0588. The maximum absolute atomic E-state index is 13.0. The molecule has 1 radical (unpaired) electrons. The van der Waals surface area contributed by atoms with E-state index in [9.17, 15) is 18.0 Å². The Bertz CT molecular complexity index is 973. The van der Waals surface area contributed by atoms with Gasteiger partial charge in [-0.2, -0.15) is 13.2 Å². The van der Waals surface area contributed by atoms with Gasteiger partial charge < -0.3 is 5.73 Å². The van der Waals surface area contributed by atoms with E-state index in [1.165, 1.54) is 24.5 Å². The van der Waals surface area contributed by atoms with Crippen LogP contribution in [0.4, 0.5) is 13.2 Å². The number of benzene rings is 1. The molecular weight excluding hydrogens is 355 g/mol. The van der Waals surface area contributed by atoms with Gasteiger partial charge in [-0.25, -0.2) is 4.98 Å². The molecule has 2 heterocycles. The van der Waals surface area contributed by atoms with Crippen molar-refractivity contribution in [2.45, 2.75) is 6.18 Å². The van der Waals surface area contributed by atoms with E-state index >= 15 is 0 Å². The molecule has 2 N–H and O–H groups in total. The maximum Gasteiger partial charge on any atom is 0.396 e. The standard InChI is InChI=1S/C17H10ClF3N3O/c18-13-3-1-2-9-6-10(7-17(19,20)21)14(24-15(9)13)12-8-23-5-4-11(12)16(22)25/h1-8H,(H2,22,25).